The number of rotatable bonds is 4. The molecule has 2 unspecified atom stereocenters. The lowest BCUT2D eigenvalue weighted by atomic mass is 10.2. The van der Waals surface area contributed by atoms with Gasteiger partial charge in [-0.05, 0) is 40.9 Å². The van der Waals surface area contributed by atoms with Crippen molar-refractivity contribution in [2.45, 2.75) is 25.0 Å². The molecule has 1 aromatic rings. The van der Waals surface area contributed by atoms with Crippen LogP contribution in [0.2, 0.25) is 0 Å². The maximum absolute atomic E-state index is 11.9. The zero-order valence-corrected chi connectivity index (χ0v) is 11.6. The van der Waals surface area contributed by atoms with Crippen LogP contribution < -0.4 is 5.32 Å². The summed E-state index contributed by atoms with van der Waals surface area (Å²) in [6.07, 6.45) is 1.62. The van der Waals surface area contributed by atoms with Crippen LogP contribution in [0.4, 0.5) is 0 Å². The number of carbonyl (C=O) groups is 2. The molecule has 2 heterocycles. The van der Waals surface area contributed by atoms with Crippen LogP contribution >= 0.6 is 15.9 Å². The van der Waals surface area contributed by atoms with E-state index in [1.807, 2.05) is 0 Å². The molecule has 102 valence electrons. The minimum Gasteiger partial charge on any atom is -0.479 e. The molecule has 0 radical (unpaired) electrons. The minimum atomic E-state index is -0.957. The second-order valence-electron chi connectivity index (χ2n) is 4.21. The quantitative estimate of drug-likeness (QED) is 0.867. The number of carbonyl (C=O) groups excluding carboxylic acids is 1. The molecule has 0 saturated carbocycles. The highest BCUT2D eigenvalue weighted by Gasteiger charge is 2.30. The third-order valence-corrected chi connectivity index (χ3v) is 3.49. The van der Waals surface area contributed by atoms with E-state index >= 15 is 0 Å². The summed E-state index contributed by atoms with van der Waals surface area (Å²) in [5, 5.41) is 11.5. The molecular weight excluding hydrogens is 316 g/mol. The Bertz CT molecular complexity index is 494. The van der Waals surface area contributed by atoms with Gasteiger partial charge >= 0.3 is 5.97 Å². The Hall–Kier alpha value is -1.47. The summed E-state index contributed by atoms with van der Waals surface area (Å²) >= 11 is 3.25. The summed E-state index contributed by atoms with van der Waals surface area (Å²) in [5.74, 6) is -1.27. The summed E-state index contributed by atoms with van der Waals surface area (Å²) in [6, 6.07) is 3.45. The normalized spacial score (nSPS) is 22.2. The van der Waals surface area contributed by atoms with Crippen LogP contribution in [0.15, 0.2) is 22.8 Å². The first-order valence-corrected chi connectivity index (χ1v) is 6.64. The molecule has 1 fully saturated rings. The number of nitrogens with one attached hydrogen (secondary N) is 1. The first kappa shape index (κ1) is 14.0. The van der Waals surface area contributed by atoms with Gasteiger partial charge in [0.1, 0.15) is 5.69 Å². The number of aromatic nitrogens is 1. The highest BCUT2D eigenvalue weighted by Crippen LogP contribution is 2.19. The Labute approximate surface area is 118 Å². The van der Waals surface area contributed by atoms with Gasteiger partial charge in [0.15, 0.2) is 6.10 Å². The Kier molecular flexibility index (Phi) is 4.49. The second kappa shape index (κ2) is 6.12. The molecule has 6 nitrogen and oxygen atoms in total. The van der Waals surface area contributed by atoms with Gasteiger partial charge in [-0.3, -0.25) is 4.79 Å². The van der Waals surface area contributed by atoms with Gasteiger partial charge in [0.2, 0.25) is 0 Å². The van der Waals surface area contributed by atoms with Gasteiger partial charge < -0.3 is 15.2 Å². The van der Waals surface area contributed by atoms with Gasteiger partial charge in [0.25, 0.3) is 5.91 Å². The van der Waals surface area contributed by atoms with Gasteiger partial charge in [-0.1, -0.05) is 0 Å². The smallest absolute Gasteiger partial charge is 0.332 e. The van der Waals surface area contributed by atoms with Gasteiger partial charge in [-0.2, -0.15) is 0 Å². The fraction of sp³-hybridized carbons (Fsp3) is 0.417. The van der Waals surface area contributed by atoms with Crippen molar-refractivity contribution in [1.82, 2.24) is 10.3 Å². The lowest BCUT2D eigenvalue weighted by molar-refractivity contribution is -0.149. The summed E-state index contributed by atoms with van der Waals surface area (Å²) < 4.78 is 5.91. The Balaban J connectivity index is 1.85. The highest BCUT2D eigenvalue weighted by atomic mass is 79.9. The highest BCUT2D eigenvalue weighted by molar-refractivity contribution is 9.10. The van der Waals surface area contributed by atoms with Crippen LogP contribution in [0, 0.1) is 0 Å². The number of carboxylic acid groups (broad SMARTS) is 1. The predicted octanol–water partition coefficient (Wildman–Crippen LogP) is 1.21. The monoisotopic (exact) mass is 328 g/mol. The van der Waals surface area contributed by atoms with E-state index in [1.165, 1.54) is 6.20 Å². The van der Waals surface area contributed by atoms with Crippen molar-refractivity contribution in [3.63, 3.8) is 0 Å². The van der Waals surface area contributed by atoms with Crippen LogP contribution in [-0.4, -0.2) is 40.7 Å². The van der Waals surface area contributed by atoms with Crippen LogP contribution in [0.1, 0.15) is 23.3 Å². The summed E-state index contributed by atoms with van der Waals surface area (Å²) in [4.78, 5) is 26.6. The number of halogens is 1. The van der Waals surface area contributed by atoms with E-state index in [9.17, 15) is 9.59 Å². The predicted molar refractivity (Wildman–Crippen MR) is 69.8 cm³/mol. The van der Waals surface area contributed by atoms with Crippen molar-refractivity contribution < 1.29 is 19.4 Å². The SMILES string of the molecule is O=C(NCC1CCC(C(=O)O)O1)c1ncccc1Br. The number of aliphatic carboxylic acids is 1. The maximum Gasteiger partial charge on any atom is 0.332 e. The number of hydrogen-bond acceptors (Lipinski definition) is 4. The van der Waals surface area contributed by atoms with Gasteiger partial charge in [0.05, 0.1) is 6.10 Å². The van der Waals surface area contributed by atoms with Gasteiger partial charge in [-0.25, -0.2) is 9.78 Å². The lowest BCUT2D eigenvalue weighted by Crippen LogP contribution is -2.33. The number of pyridine rings is 1. The van der Waals surface area contributed by atoms with Crippen molar-refractivity contribution in [2.24, 2.45) is 0 Å². The standard InChI is InChI=1S/C12H13BrN2O4/c13-8-2-1-5-14-10(8)11(16)15-6-7-3-4-9(19-7)12(17)18/h1-2,5,7,9H,3-4,6H2,(H,15,16)(H,17,18). The third kappa shape index (κ3) is 3.51. The molecule has 0 aliphatic carbocycles. The molecule has 1 aliphatic rings. The van der Waals surface area contributed by atoms with Gasteiger partial charge in [-0.15, -0.1) is 0 Å². The molecule has 1 amide bonds. The molecule has 19 heavy (non-hydrogen) atoms. The fourth-order valence-corrected chi connectivity index (χ4v) is 2.32. The number of ether oxygens (including phenoxy) is 1. The first-order chi connectivity index (χ1) is 9.08. The van der Waals surface area contributed by atoms with E-state index in [2.05, 4.69) is 26.2 Å². The summed E-state index contributed by atoms with van der Waals surface area (Å²) in [5.41, 5.74) is 0.301. The Morgan fingerprint density at radius 2 is 2.32 bits per heavy atom. The van der Waals surface area contributed by atoms with E-state index in [0.717, 1.165) is 0 Å². The lowest BCUT2D eigenvalue weighted by Gasteiger charge is -2.12. The molecule has 2 atom stereocenters. The van der Waals surface area contributed by atoms with E-state index in [0.29, 0.717) is 23.0 Å². The third-order valence-electron chi connectivity index (χ3n) is 2.85. The fourth-order valence-electron chi connectivity index (χ4n) is 1.88. The van der Waals surface area contributed by atoms with Crippen LogP contribution in [0.5, 0.6) is 0 Å². The second-order valence-corrected chi connectivity index (χ2v) is 5.06. The van der Waals surface area contributed by atoms with E-state index in [1.54, 1.807) is 12.1 Å². The molecule has 2 N–H and O–H groups in total. The van der Waals surface area contributed by atoms with Crippen molar-refractivity contribution >= 4 is 27.8 Å². The van der Waals surface area contributed by atoms with Gasteiger partial charge in [0, 0.05) is 17.2 Å². The van der Waals surface area contributed by atoms with E-state index < -0.39 is 12.1 Å². The summed E-state index contributed by atoms with van der Waals surface area (Å²) in [6.45, 7) is 0.283. The zero-order valence-electron chi connectivity index (χ0n) is 10.0. The number of hydrogen-bond donors (Lipinski definition) is 2. The largest absolute Gasteiger partial charge is 0.479 e. The van der Waals surface area contributed by atoms with Crippen molar-refractivity contribution in [2.75, 3.05) is 6.54 Å². The number of nitrogens with zero attached hydrogens (tertiary/aromatic N) is 1. The number of amides is 1. The minimum absolute atomic E-state index is 0.257. The average molecular weight is 329 g/mol. The zero-order chi connectivity index (χ0) is 13.8. The number of carboxylic acids is 1. The Morgan fingerprint density at radius 3 is 2.95 bits per heavy atom. The Morgan fingerprint density at radius 1 is 1.53 bits per heavy atom. The van der Waals surface area contributed by atoms with Crippen LogP contribution in [0.3, 0.4) is 0 Å². The van der Waals surface area contributed by atoms with Crippen LogP contribution in [-0.2, 0) is 9.53 Å². The molecule has 1 aliphatic heterocycles. The van der Waals surface area contributed by atoms with E-state index in [4.69, 9.17) is 9.84 Å². The molecule has 2 rings (SSSR count). The van der Waals surface area contributed by atoms with Crippen molar-refractivity contribution in [3.8, 4) is 0 Å². The molecular formula is C12H13BrN2O4. The molecule has 1 aromatic heterocycles. The molecule has 0 aromatic carbocycles. The average Bonchev–Trinajstić information content (AvgIpc) is 2.85. The molecule has 0 spiro atoms. The summed E-state index contributed by atoms with van der Waals surface area (Å²) in [7, 11) is 0. The van der Waals surface area contributed by atoms with Crippen molar-refractivity contribution in [3.05, 3.63) is 28.5 Å². The first-order valence-electron chi connectivity index (χ1n) is 5.85. The maximum atomic E-state index is 11.9. The molecule has 7 heteroatoms. The molecule has 0 bridgehead atoms. The topological polar surface area (TPSA) is 88.5 Å². The molecule has 1 saturated heterocycles. The van der Waals surface area contributed by atoms with Crippen molar-refractivity contribution in [1.29, 1.82) is 0 Å². The van der Waals surface area contributed by atoms with Crippen LogP contribution in [0.25, 0.3) is 0 Å². The van der Waals surface area contributed by atoms with E-state index in [-0.39, 0.29) is 18.6 Å².